The summed E-state index contributed by atoms with van der Waals surface area (Å²) in [6, 6.07) is 0. The summed E-state index contributed by atoms with van der Waals surface area (Å²) in [5.74, 6) is -2.34. The Balaban J connectivity index is 3.12. The van der Waals surface area contributed by atoms with Crippen molar-refractivity contribution < 1.29 is 19.8 Å². The van der Waals surface area contributed by atoms with Crippen molar-refractivity contribution >= 4 is 11.9 Å². The Kier molecular flexibility index (Phi) is 2.81. The van der Waals surface area contributed by atoms with Crippen molar-refractivity contribution in [2.24, 2.45) is 16.7 Å². The Morgan fingerprint density at radius 3 is 2.13 bits per heavy atom. The minimum absolute atomic E-state index is 0.555. The van der Waals surface area contributed by atoms with Crippen molar-refractivity contribution in [2.75, 3.05) is 0 Å². The van der Waals surface area contributed by atoms with E-state index in [0.29, 0.717) is 19.3 Å². The van der Waals surface area contributed by atoms with Gasteiger partial charge in [-0.25, -0.2) is 0 Å². The Bertz CT molecular complexity index is 295. The van der Waals surface area contributed by atoms with Gasteiger partial charge in [0.25, 0.3) is 0 Å². The van der Waals surface area contributed by atoms with Crippen LogP contribution < -0.4 is 0 Å². The third-order valence-electron chi connectivity index (χ3n) is 4.23. The van der Waals surface area contributed by atoms with Gasteiger partial charge in [-0.1, -0.05) is 20.3 Å². The summed E-state index contributed by atoms with van der Waals surface area (Å²) >= 11 is 0. The quantitative estimate of drug-likeness (QED) is 0.737. The second-order valence-electron chi connectivity index (χ2n) is 5.14. The molecule has 1 saturated carbocycles. The topological polar surface area (TPSA) is 74.6 Å². The van der Waals surface area contributed by atoms with Crippen LogP contribution in [0.1, 0.15) is 40.0 Å². The molecule has 2 N–H and O–H groups in total. The summed E-state index contributed by atoms with van der Waals surface area (Å²) < 4.78 is 0. The van der Waals surface area contributed by atoms with Gasteiger partial charge in [0.15, 0.2) is 0 Å². The third-order valence-corrected chi connectivity index (χ3v) is 4.23. The highest BCUT2D eigenvalue weighted by Crippen LogP contribution is 2.53. The maximum absolute atomic E-state index is 11.3. The fraction of sp³-hybridized carbons (Fsp3) is 0.818. The lowest BCUT2D eigenvalue weighted by molar-refractivity contribution is -0.170. The van der Waals surface area contributed by atoms with Gasteiger partial charge in [-0.15, -0.1) is 0 Å². The van der Waals surface area contributed by atoms with Crippen molar-refractivity contribution in [1.82, 2.24) is 0 Å². The Labute approximate surface area is 89.3 Å². The first kappa shape index (κ1) is 12.0. The van der Waals surface area contributed by atoms with E-state index >= 15 is 0 Å². The van der Waals surface area contributed by atoms with E-state index in [1.54, 1.807) is 20.8 Å². The zero-order chi connectivity index (χ0) is 11.9. The molecule has 0 aromatic heterocycles. The molecule has 4 heteroatoms. The highest BCUT2D eigenvalue weighted by Gasteiger charge is 2.55. The predicted octanol–water partition coefficient (Wildman–Crippen LogP) is 1.99. The van der Waals surface area contributed by atoms with E-state index in [4.69, 9.17) is 5.11 Å². The van der Waals surface area contributed by atoms with E-state index in [-0.39, 0.29) is 0 Å². The molecule has 2 atom stereocenters. The number of hydrogen-bond donors (Lipinski definition) is 2. The van der Waals surface area contributed by atoms with Crippen LogP contribution in [-0.2, 0) is 9.59 Å². The molecule has 4 nitrogen and oxygen atoms in total. The molecule has 1 rings (SSSR count). The molecule has 0 aromatic carbocycles. The summed E-state index contributed by atoms with van der Waals surface area (Å²) in [5.41, 5.74) is -1.64. The van der Waals surface area contributed by atoms with Gasteiger partial charge in [-0.2, -0.15) is 0 Å². The van der Waals surface area contributed by atoms with Crippen LogP contribution in [0.15, 0.2) is 0 Å². The first-order valence-corrected chi connectivity index (χ1v) is 5.19. The number of carboxylic acid groups (broad SMARTS) is 2. The lowest BCUT2D eigenvalue weighted by atomic mass is 9.54. The van der Waals surface area contributed by atoms with Crippen molar-refractivity contribution in [1.29, 1.82) is 0 Å². The van der Waals surface area contributed by atoms with Crippen LogP contribution in [0.2, 0.25) is 0 Å². The van der Waals surface area contributed by atoms with E-state index in [1.807, 2.05) is 0 Å². The Hall–Kier alpha value is -1.06. The molecule has 0 amide bonds. The van der Waals surface area contributed by atoms with Gasteiger partial charge in [0.05, 0.1) is 11.3 Å². The average molecular weight is 214 g/mol. The van der Waals surface area contributed by atoms with Gasteiger partial charge in [0.2, 0.25) is 0 Å². The molecule has 86 valence electrons. The zero-order valence-corrected chi connectivity index (χ0v) is 9.41. The van der Waals surface area contributed by atoms with E-state index in [1.165, 1.54) is 0 Å². The minimum Gasteiger partial charge on any atom is -0.481 e. The fourth-order valence-corrected chi connectivity index (χ4v) is 2.54. The monoisotopic (exact) mass is 214 g/mol. The van der Waals surface area contributed by atoms with Gasteiger partial charge < -0.3 is 10.2 Å². The summed E-state index contributed by atoms with van der Waals surface area (Å²) in [7, 11) is 0. The number of carbonyl (C=O) groups is 2. The number of rotatable bonds is 2. The second kappa shape index (κ2) is 3.51. The number of aliphatic carboxylic acids is 2. The second-order valence-corrected chi connectivity index (χ2v) is 5.14. The van der Waals surface area contributed by atoms with Crippen LogP contribution in [-0.4, -0.2) is 22.2 Å². The first-order chi connectivity index (χ1) is 6.73. The largest absolute Gasteiger partial charge is 0.481 e. The first-order valence-electron chi connectivity index (χ1n) is 5.19. The van der Waals surface area contributed by atoms with Gasteiger partial charge in [-0.3, -0.25) is 9.59 Å². The molecule has 0 radical (unpaired) electrons. The van der Waals surface area contributed by atoms with Crippen molar-refractivity contribution in [3.05, 3.63) is 0 Å². The van der Waals surface area contributed by atoms with E-state index in [9.17, 15) is 14.7 Å². The van der Waals surface area contributed by atoms with E-state index in [2.05, 4.69) is 0 Å². The summed E-state index contributed by atoms with van der Waals surface area (Å²) in [6.07, 6.45) is 1.80. The lowest BCUT2D eigenvalue weighted by Gasteiger charge is -2.48. The van der Waals surface area contributed by atoms with Gasteiger partial charge in [-0.05, 0) is 25.2 Å². The summed E-state index contributed by atoms with van der Waals surface area (Å²) in [4.78, 5) is 22.4. The smallest absolute Gasteiger partial charge is 0.309 e. The molecule has 15 heavy (non-hydrogen) atoms. The standard InChI is InChI=1S/C11H18O4/c1-10(2)7(8(12)13)5-4-6-11(10,3)9(14)15/h7H,4-6H2,1-3H3,(H,12,13)(H,14,15)/t7-,11+/m0/s1. The SMILES string of the molecule is CC1(C)[C@H](C(=O)O)CCC[C@]1(C)C(=O)O. The third kappa shape index (κ3) is 1.62. The molecular formula is C11H18O4. The molecule has 1 fully saturated rings. The fourth-order valence-electron chi connectivity index (χ4n) is 2.54. The van der Waals surface area contributed by atoms with Crippen LogP contribution in [0.3, 0.4) is 0 Å². The van der Waals surface area contributed by atoms with Crippen molar-refractivity contribution in [3.63, 3.8) is 0 Å². The number of carboxylic acids is 2. The number of hydrogen-bond acceptors (Lipinski definition) is 2. The molecular weight excluding hydrogens is 196 g/mol. The highest BCUT2D eigenvalue weighted by molar-refractivity contribution is 5.79. The predicted molar refractivity (Wildman–Crippen MR) is 54.5 cm³/mol. The maximum atomic E-state index is 11.3. The van der Waals surface area contributed by atoms with Gasteiger partial charge in [0.1, 0.15) is 0 Å². The molecule has 0 aromatic rings. The van der Waals surface area contributed by atoms with Crippen LogP contribution in [0.25, 0.3) is 0 Å². The molecule has 1 aliphatic carbocycles. The van der Waals surface area contributed by atoms with Crippen LogP contribution in [0, 0.1) is 16.7 Å². The molecule has 0 saturated heterocycles. The Morgan fingerprint density at radius 1 is 1.20 bits per heavy atom. The zero-order valence-electron chi connectivity index (χ0n) is 9.41. The van der Waals surface area contributed by atoms with Crippen LogP contribution in [0.4, 0.5) is 0 Å². The minimum atomic E-state index is -0.936. The molecule has 1 aliphatic rings. The maximum Gasteiger partial charge on any atom is 0.309 e. The highest BCUT2D eigenvalue weighted by atomic mass is 16.4. The van der Waals surface area contributed by atoms with Crippen molar-refractivity contribution in [3.8, 4) is 0 Å². The molecule has 0 spiro atoms. The van der Waals surface area contributed by atoms with Crippen LogP contribution >= 0.6 is 0 Å². The molecule has 0 unspecified atom stereocenters. The lowest BCUT2D eigenvalue weighted by Crippen LogP contribution is -2.51. The van der Waals surface area contributed by atoms with E-state index in [0.717, 1.165) is 0 Å². The van der Waals surface area contributed by atoms with Gasteiger partial charge >= 0.3 is 11.9 Å². The Morgan fingerprint density at radius 2 is 1.73 bits per heavy atom. The molecule has 0 aliphatic heterocycles. The molecule has 0 heterocycles. The van der Waals surface area contributed by atoms with Crippen LogP contribution in [0.5, 0.6) is 0 Å². The van der Waals surface area contributed by atoms with E-state index < -0.39 is 28.7 Å². The molecule has 0 bridgehead atoms. The summed E-state index contributed by atoms with van der Waals surface area (Å²) in [6.45, 7) is 5.16. The van der Waals surface area contributed by atoms with Gasteiger partial charge in [0, 0.05) is 0 Å². The van der Waals surface area contributed by atoms with Crippen molar-refractivity contribution in [2.45, 2.75) is 40.0 Å². The summed E-state index contributed by atoms with van der Waals surface area (Å²) in [5, 5.41) is 18.3. The normalized spacial score (nSPS) is 34.7. The average Bonchev–Trinajstić information content (AvgIpc) is 2.08.